The number of aromatic nitrogens is 2. The molecule has 0 aliphatic heterocycles. The van der Waals surface area contributed by atoms with E-state index in [-0.39, 0.29) is 0 Å². The first-order valence-corrected chi connectivity index (χ1v) is 15.0. The van der Waals surface area contributed by atoms with E-state index < -0.39 is 0 Å². The molecule has 0 saturated heterocycles. The van der Waals surface area contributed by atoms with E-state index in [1.807, 2.05) is 0 Å². The summed E-state index contributed by atoms with van der Waals surface area (Å²) in [6, 6.07) is 13.8. The fraction of sp³-hybridized carbons (Fsp3) is 0.533. The predicted molar refractivity (Wildman–Crippen MR) is 157 cm³/mol. The van der Waals surface area contributed by atoms with Gasteiger partial charge in [0, 0.05) is 32.8 Å². The van der Waals surface area contributed by atoms with Gasteiger partial charge in [-0.25, -0.2) is 0 Å². The monoisotopic (exact) mass is 586 g/mol. The van der Waals surface area contributed by atoms with E-state index in [9.17, 15) is 0 Å². The third kappa shape index (κ3) is 5.14. The molecule has 2 nitrogen and oxygen atoms in total. The van der Waals surface area contributed by atoms with Crippen LogP contribution in [0.1, 0.15) is 79.1 Å². The van der Waals surface area contributed by atoms with Crippen molar-refractivity contribution >= 4 is 64.7 Å². The molecule has 184 valence electrons. The molecule has 0 N–H and O–H groups in total. The summed E-state index contributed by atoms with van der Waals surface area (Å²) in [6.07, 6.45) is 10.2. The van der Waals surface area contributed by atoms with Gasteiger partial charge in [0.2, 0.25) is 0 Å². The van der Waals surface area contributed by atoms with Crippen LogP contribution in [-0.4, -0.2) is 9.13 Å². The zero-order chi connectivity index (χ0) is 24.2. The summed E-state index contributed by atoms with van der Waals surface area (Å²) < 4.78 is 7.62. The molecule has 0 aliphatic rings. The van der Waals surface area contributed by atoms with E-state index in [1.165, 1.54) is 84.2 Å². The van der Waals surface area contributed by atoms with Crippen LogP contribution in [-0.2, 0) is 13.1 Å². The molecule has 4 aromatic rings. The molecule has 34 heavy (non-hydrogen) atoms. The van der Waals surface area contributed by atoms with Gasteiger partial charge in [-0.2, -0.15) is 0 Å². The van der Waals surface area contributed by atoms with E-state index in [2.05, 4.69) is 105 Å². The van der Waals surface area contributed by atoms with Crippen molar-refractivity contribution in [3.8, 4) is 0 Å². The molecule has 2 aromatic carbocycles. The Balaban J connectivity index is 1.98. The normalized spacial score (nSPS) is 13.9. The molecule has 0 radical (unpaired) electrons. The largest absolute Gasteiger partial charge is 0.338 e. The maximum absolute atomic E-state index is 3.78. The summed E-state index contributed by atoms with van der Waals surface area (Å²) in [7, 11) is 0. The zero-order valence-corrected chi connectivity index (χ0v) is 24.5. The van der Waals surface area contributed by atoms with Crippen LogP contribution in [0.2, 0.25) is 0 Å². The summed E-state index contributed by atoms with van der Waals surface area (Å²) in [6.45, 7) is 11.5. The summed E-state index contributed by atoms with van der Waals surface area (Å²) >= 11 is 7.56. The second kappa shape index (κ2) is 11.6. The third-order valence-corrected chi connectivity index (χ3v) is 8.73. The standard InChI is InChI=1S/C30H40Br2N2/c1-5-9-11-21(7-3)19-33-27-15-13-23(31)17-25(27)30-29(33)26-18-24(32)14-16-28(26)34(30)20-22(8-4)12-10-6-2/h13-18,21-22H,5-12,19-20H2,1-4H3. The van der Waals surface area contributed by atoms with Crippen molar-refractivity contribution in [2.45, 2.75) is 92.2 Å². The highest BCUT2D eigenvalue weighted by atomic mass is 79.9. The number of unbranched alkanes of at least 4 members (excludes halogenated alkanes) is 2. The average Bonchev–Trinajstić information content (AvgIpc) is 3.31. The Bertz CT molecular complexity index is 1150. The number of nitrogens with zero attached hydrogens (tertiary/aromatic N) is 2. The highest BCUT2D eigenvalue weighted by Gasteiger charge is 2.23. The molecule has 0 bridgehead atoms. The Morgan fingerprint density at radius 3 is 1.41 bits per heavy atom. The maximum atomic E-state index is 3.78. The lowest BCUT2D eigenvalue weighted by Gasteiger charge is -2.17. The predicted octanol–water partition coefficient (Wildman–Crippen LogP) is 10.7. The van der Waals surface area contributed by atoms with Crippen molar-refractivity contribution in [3.05, 3.63) is 45.3 Å². The first kappa shape index (κ1) is 25.8. The second-order valence-electron chi connectivity index (χ2n) is 10.1. The number of fused-ring (bicyclic) bond motifs is 5. The summed E-state index contributed by atoms with van der Waals surface area (Å²) in [5.41, 5.74) is 5.59. The van der Waals surface area contributed by atoms with Crippen molar-refractivity contribution in [2.24, 2.45) is 11.8 Å². The van der Waals surface area contributed by atoms with Crippen molar-refractivity contribution in [1.82, 2.24) is 9.13 Å². The summed E-state index contributed by atoms with van der Waals surface area (Å²) in [5, 5.41) is 2.76. The molecule has 4 heteroatoms. The molecule has 0 saturated carbocycles. The van der Waals surface area contributed by atoms with E-state index in [1.54, 1.807) is 0 Å². The van der Waals surface area contributed by atoms with E-state index >= 15 is 0 Å². The molecule has 0 amide bonds. The van der Waals surface area contributed by atoms with Gasteiger partial charge in [-0.05, 0) is 61.1 Å². The molecule has 4 rings (SSSR count). The first-order valence-electron chi connectivity index (χ1n) is 13.4. The van der Waals surface area contributed by atoms with Crippen LogP contribution in [0.15, 0.2) is 45.3 Å². The van der Waals surface area contributed by atoms with Crippen LogP contribution in [0.25, 0.3) is 32.8 Å². The minimum atomic E-state index is 0.709. The fourth-order valence-electron chi connectivity index (χ4n) is 5.64. The zero-order valence-electron chi connectivity index (χ0n) is 21.3. The van der Waals surface area contributed by atoms with Gasteiger partial charge in [0.25, 0.3) is 0 Å². The number of benzene rings is 2. The average molecular weight is 588 g/mol. The highest BCUT2D eigenvalue weighted by Crippen LogP contribution is 2.40. The van der Waals surface area contributed by atoms with Gasteiger partial charge >= 0.3 is 0 Å². The minimum absolute atomic E-state index is 0.709. The van der Waals surface area contributed by atoms with E-state index in [0.29, 0.717) is 11.8 Å². The van der Waals surface area contributed by atoms with Crippen LogP contribution in [0, 0.1) is 11.8 Å². The van der Waals surface area contributed by atoms with E-state index in [4.69, 9.17) is 0 Å². The topological polar surface area (TPSA) is 9.86 Å². The lowest BCUT2D eigenvalue weighted by atomic mass is 9.99. The van der Waals surface area contributed by atoms with Gasteiger partial charge in [-0.1, -0.05) is 98.1 Å². The molecule has 0 spiro atoms. The first-order chi connectivity index (χ1) is 16.5. The molecule has 2 heterocycles. The second-order valence-corrected chi connectivity index (χ2v) is 11.9. The van der Waals surface area contributed by atoms with Gasteiger partial charge < -0.3 is 9.13 Å². The van der Waals surface area contributed by atoms with Gasteiger partial charge in [0.15, 0.2) is 0 Å². The Morgan fingerprint density at radius 1 is 0.647 bits per heavy atom. The Hall–Kier alpha value is -1.26. The molecular weight excluding hydrogens is 548 g/mol. The fourth-order valence-corrected chi connectivity index (χ4v) is 6.36. The van der Waals surface area contributed by atoms with Gasteiger partial charge in [0.05, 0.1) is 22.1 Å². The molecule has 2 aromatic heterocycles. The lowest BCUT2D eigenvalue weighted by Crippen LogP contribution is -2.10. The van der Waals surface area contributed by atoms with Gasteiger partial charge in [0.1, 0.15) is 0 Å². The van der Waals surface area contributed by atoms with Crippen LogP contribution in [0.5, 0.6) is 0 Å². The maximum Gasteiger partial charge on any atom is 0.0754 e. The Morgan fingerprint density at radius 2 is 1.06 bits per heavy atom. The number of halogens is 2. The van der Waals surface area contributed by atoms with Crippen molar-refractivity contribution < 1.29 is 0 Å². The van der Waals surface area contributed by atoms with Crippen LogP contribution in [0.4, 0.5) is 0 Å². The molecule has 2 atom stereocenters. The van der Waals surface area contributed by atoms with Crippen molar-refractivity contribution in [3.63, 3.8) is 0 Å². The van der Waals surface area contributed by atoms with Gasteiger partial charge in [-0.15, -0.1) is 0 Å². The third-order valence-electron chi connectivity index (χ3n) is 7.74. The molecular formula is C30H40Br2N2. The summed E-state index contributed by atoms with van der Waals surface area (Å²) in [5.74, 6) is 1.42. The number of rotatable bonds is 12. The minimum Gasteiger partial charge on any atom is -0.338 e. The Labute approximate surface area is 222 Å². The quantitative estimate of drug-likeness (QED) is 0.156. The van der Waals surface area contributed by atoms with Crippen molar-refractivity contribution in [1.29, 1.82) is 0 Å². The lowest BCUT2D eigenvalue weighted by molar-refractivity contribution is 0.399. The molecule has 0 fully saturated rings. The smallest absolute Gasteiger partial charge is 0.0754 e. The highest BCUT2D eigenvalue weighted by molar-refractivity contribution is 9.10. The van der Waals surface area contributed by atoms with Crippen LogP contribution >= 0.6 is 31.9 Å². The summed E-state index contributed by atoms with van der Waals surface area (Å²) in [4.78, 5) is 0. The Kier molecular flexibility index (Phi) is 8.85. The van der Waals surface area contributed by atoms with Gasteiger partial charge in [-0.3, -0.25) is 0 Å². The van der Waals surface area contributed by atoms with Crippen LogP contribution in [0.3, 0.4) is 0 Å². The van der Waals surface area contributed by atoms with Crippen molar-refractivity contribution in [2.75, 3.05) is 0 Å². The van der Waals surface area contributed by atoms with E-state index in [0.717, 1.165) is 22.0 Å². The SMILES string of the molecule is CCCCC(CC)Cn1c2ccc(Br)cc2c2c1c1cc(Br)ccc1n2CC(CC)CCCC. The molecule has 0 aliphatic carbocycles. The number of hydrogen-bond donors (Lipinski definition) is 0. The van der Waals surface area contributed by atoms with Crippen LogP contribution < -0.4 is 0 Å². The number of hydrogen-bond acceptors (Lipinski definition) is 0. The molecule has 2 unspecified atom stereocenters.